The Labute approximate surface area is 201 Å². The van der Waals surface area contributed by atoms with E-state index in [0.717, 1.165) is 72.8 Å². The number of halogens is 1. The molecule has 8 nitrogen and oxygen atoms in total. The molecule has 2 aliphatic heterocycles. The van der Waals surface area contributed by atoms with E-state index in [1.165, 1.54) is 0 Å². The summed E-state index contributed by atoms with van der Waals surface area (Å²) in [4.78, 5) is 20.4. The molecule has 0 aliphatic carbocycles. The molecule has 2 aromatic heterocycles. The maximum Gasteiger partial charge on any atom is 0.147 e. The Morgan fingerprint density at radius 3 is 2.67 bits per heavy atom. The summed E-state index contributed by atoms with van der Waals surface area (Å²) in [5, 5.41) is 10.5. The van der Waals surface area contributed by atoms with E-state index >= 15 is 0 Å². The molecule has 2 unspecified atom stereocenters. The van der Waals surface area contributed by atoms with Crippen LogP contribution in [0.25, 0.3) is 10.9 Å². The molecule has 2 fully saturated rings. The van der Waals surface area contributed by atoms with Crippen LogP contribution in [0.15, 0.2) is 47.5 Å². The summed E-state index contributed by atoms with van der Waals surface area (Å²) in [6.07, 6.45) is 5.56. The molecule has 3 aromatic rings. The van der Waals surface area contributed by atoms with Crippen molar-refractivity contribution in [1.82, 2.24) is 19.9 Å². The Morgan fingerprint density at radius 2 is 1.91 bits per heavy atom. The van der Waals surface area contributed by atoms with E-state index in [-0.39, 0.29) is 12.2 Å². The first kappa shape index (κ1) is 22.0. The number of fused-ring (bicyclic) bond motifs is 1. The quantitative estimate of drug-likeness (QED) is 0.532. The molecular formula is C24H26BrN7O. The first-order valence-electron chi connectivity index (χ1n) is 11.2. The molecule has 2 saturated heterocycles. The molecule has 170 valence electrons. The van der Waals surface area contributed by atoms with Crippen molar-refractivity contribution in [2.24, 2.45) is 0 Å². The molecule has 2 aliphatic rings. The highest BCUT2D eigenvalue weighted by atomic mass is 79.9. The van der Waals surface area contributed by atoms with Gasteiger partial charge in [-0.3, -0.25) is 9.88 Å². The Kier molecular flexibility index (Phi) is 6.40. The van der Waals surface area contributed by atoms with Crippen LogP contribution in [0.2, 0.25) is 0 Å². The van der Waals surface area contributed by atoms with Crippen LogP contribution >= 0.6 is 15.9 Å². The number of anilines is 2. The van der Waals surface area contributed by atoms with Crippen molar-refractivity contribution in [3.05, 3.63) is 53.0 Å². The van der Waals surface area contributed by atoms with Gasteiger partial charge in [0.1, 0.15) is 16.5 Å². The zero-order chi connectivity index (χ0) is 22.8. The first-order valence-corrected chi connectivity index (χ1v) is 12.0. The van der Waals surface area contributed by atoms with E-state index in [0.29, 0.717) is 5.56 Å². The zero-order valence-electron chi connectivity index (χ0n) is 18.6. The van der Waals surface area contributed by atoms with Crippen LogP contribution in [0, 0.1) is 11.3 Å². The predicted octanol–water partition coefficient (Wildman–Crippen LogP) is 3.07. The highest BCUT2D eigenvalue weighted by Crippen LogP contribution is 2.30. The molecule has 0 radical (unpaired) electrons. The second-order valence-electron chi connectivity index (χ2n) is 8.60. The fourth-order valence-corrected chi connectivity index (χ4v) is 4.99. The number of nitrogens with zero attached hydrogens (tertiary/aromatic N) is 7. The number of nitriles is 1. The van der Waals surface area contributed by atoms with Gasteiger partial charge in [0.05, 0.1) is 35.7 Å². The highest BCUT2D eigenvalue weighted by molar-refractivity contribution is 9.10. The van der Waals surface area contributed by atoms with Gasteiger partial charge >= 0.3 is 0 Å². The number of pyridine rings is 1. The van der Waals surface area contributed by atoms with Crippen LogP contribution in [0.5, 0.6) is 0 Å². The van der Waals surface area contributed by atoms with Crippen LogP contribution in [0.3, 0.4) is 0 Å². The van der Waals surface area contributed by atoms with Gasteiger partial charge in [-0.05, 0) is 47.1 Å². The SMILES string of the molecule is CC1CN(c2ccc(C#N)c3ncccc23)CC(CN2CCN(c3cnc(Br)cn3)CC2)O1. The van der Waals surface area contributed by atoms with Gasteiger partial charge in [-0.2, -0.15) is 5.26 Å². The minimum Gasteiger partial charge on any atom is -0.370 e. The van der Waals surface area contributed by atoms with Crippen molar-refractivity contribution in [2.45, 2.75) is 19.1 Å². The number of hydrogen-bond acceptors (Lipinski definition) is 8. The average Bonchev–Trinajstić information content (AvgIpc) is 2.84. The van der Waals surface area contributed by atoms with Crippen molar-refractivity contribution in [2.75, 3.05) is 55.6 Å². The van der Waals surface area contributed by atoms with E-state index in [2.05, 4.69) is 70.7 Å². The van der Waals surface area contributed by atoms with Crippen LogP contribution in [0.4, 0.5) is 11.5 Å². The van der Waals surface area contributed by atoms with Gasteiger partial charge in [0.2, 0.25) is 0 Å². The minimum atomic E-state index is 0.120. The van der Waals surface area contributed by atoms with Gasteiger partial charge in [-0.15, -0.1) is 0 Å². The fraction of sp³-hybridized carbons (Fsp3) is 0.417. The minimum absolute atomic E-state index is 0.120. The molecule has 0 N–H and O–H groups in total. The van der Waals surface area contributed by atoms with E-state index in [1.807, 2.05) is 18.3 Å². The lowest BCUT2D eigenvalue weighted by atomic mass is 10.1. The summed E-state index contributed by atoms with van der Waals surface area (Å²) in [5.41, 5.74) is 2.50. The summed E-state index contributed by atoms with van der Waals surface area (Å²) in [6, 6.07) is 10.2. The van der Waals surface area contributed by atoms with Crippen molar-refractivity contribution in [1.29, 1.82) is 5.26 Å². The monoisotopic (exact) mass is 507 g/mol. The molecule has 33 heavy (non-hydrogen) atoms. The molecule has 4 heterocycles. The van der Waals surface area contributed by atoms with Crippen molar-refractivity contribution in [3.8, 4) is 6.07 Å². The standard InChI is InChI=1S/C24H26BrN7O/c1-17-14-32(21-5-4-18(11-26)24-20(21)3-2-6-27-24)16-19(33-17)15-30-7-9-31(10-8-30)23-13-28-22(25)12-29-23/h2-6,12-13,17,19H,7-10,14-16H2,1H3. The van der Waals surface area contributed by atoms with E-state index in [1.54, 1.807) is 12.4 Å². The van der Waals surface area contributed by atoms with Crippen LogP contribution in [-0.2, 0) is 4.74 Å². The summed E-state index contributed by atoms with van der Waals surface area (Å²) < 4.78 is 7.08. The normalized spacial score (nSPS) is 21.8. The molecular weight excluding hydrogens is 482 g/mol. The summed E-state index contributed by atoms with van der Waals surface area (Å²) in [5.74, 6) is 0.924. The number of piperazine rings is 1. The lowest BCUT2D eigenvalue weighted by Gasteiger charge is -2.42. The topological polar surface area (TPSA) is 81.4 Å². The number of hydrogen-bond donors (Lipinski definition) is 0. The number of benzene rings is 1. The summed E-state index contributed by atoms with van der Waals surface area (Å²) in [7, 11) is 0. The Hall–Kier alpha value is -2.80. The van der Waals surface area contributed by atoms with Crippen LogP contribution < -0.4 is 9.80 Å². The highest BCUT2D eigenvalue weighted by Gasteiger charge is 2.29. The zero-order valence-corrected chi connectivity index (χ0v) is 20.1. The van der Waals surface area contributed by atoms with Gasteiger partial charge in [-0.1, -0.05) is 0 Å². The smallest absolute Gasteiger partial charge is 0.147 e. The molecule has 1 aromatic carbocycles. The van der Waals surface area contributed by atoms with Crippen molar-refractivity contribution < 1.29 is 4.74 Å². The first-order chi connectivity index (χ1) is 16.1. The molecule has 0 saturated carbocycles. The molecule has 5 rings (SSSR count). The van der Waals surface area contributed by atoms with Crippen LogP contribution in [-0.4, -0.2) is 77.9 Å². The molecule has 0 spiro atoms. The Balaban J connectivity index is 1.26. The van der Waals surface area contributed by atoms with Gasteiger partial charge in [0.15, 0.2) is 0 Å². The van der Waals surface area contributed by atoms with Crippen molar-refractivity contribution >= 4 is 38.3 Å². The van der Waals surface area contributed by atoms with Gasteiger partial charge < -0.3 is 14.5 Å². The van der Waals surface area contributed by atoms with E-state index in [9.17, 15) is 5.26 Å². The maximum absolute atomic E-state index is 9.46. The van der Waals surface area contributed by atoms with Crippen LogP contribution in [0.1, 0.15) is 12.5 Å². The number of ether oxygens (including phenoxy) is 1. The molecule has 2 atom stereocenters. The van der Waals surface area contributed by atoms with E-state index < -0.39 is 0 Å². The lowest BCUT2D eigenvalue weighted by molar-refractivity contribution is -0.0327. The average molecular weight is 508 g/mol. The second kappa shape index (κ2) is 9.59. The third kappa shape index (κ3) is 4.78. The van der Waals surface area contributed by atoms with E-state index in [4.69, 9.17) is 4.74 Å². The van der Waals surface area contributed by atoms with Crippen molar-refractivity contribution in [3.63, 3.8) is 0 Å². The molecule has 0 amide bonds. The molecule has 0 bridgehead atoms. The number of rotatable bonds is 4. The number of morpholine rings is 1. The maximum atomic E-state index is 9.46. The summed E-state index contributed by atoms with van der Waals surface area (Å²) in [6.45, 7) is 8.45. The fourth-order valence-electron chi connectivity index (χ4n) is 4.78. The van der Waals surface area contributed by atoms with Gasteiger partial charge in [0.25, 0.3) is 0 Å². The molecule has 9 heteroatoms. The van der Waals surface area contributed by atoms with Gasteiger partial charge in [0, 0.05) is 63.1 Å². The van der Waals surface area contributed by atoms with Gasteiger partial charge in [-0.25, -0.2) is 9.97 Å². The Bertz CT molecular complexity index is 1160. The third-order valence-corrected chi connectivity index (χ3v) is 6.71. The number of aromatic nitrogens is 3. The largest absolute Gasteiger partial charge is 0.370 e. The third-order valence-electron chi connectivity index (χ3n) is 6.30. The Morgan fingerprint density at radius 1 is 1.06 bits per heavy atom. The predicted molar refractivity (Wildman–Crippen MR) is 131 cm³/mol. The lowest BCUT2D eigenvalue weighted by Crippen LogP contribution is -2.54. The summed E-state index contributed by atoms with van der Waals surface area (Å²) >= 11 is 3.35. The second-order valence-corrected chi connectivity index (χ2v) is 9.41.